The molecule has 1 aromatic rings. The van der Waals surface area contributed by atoms with Gasteiger partial charge >= 0.3 is 0 Å². The molecule has 1 N–H and O–H groups in total. The van der Waals surface area contributed by atoms with E-state index < -0.39 is 5.60 Å². The fourth-order valence-corrected chi connectivity index (χ4v) is 2.65. The highest BCUT2D eigenvalue weighted by atomic mass is 79.9. The quantitative estimate of drug-likeness (QED) is 0.817. The van der Waals surface area contributed by atoms with Crippen LogP contribution < -0.4 is 0 Å². The molecule has 0 aliphatic heterocycles. The van der Waals surface area contributed by atoms with Crippen molar-refractivity contribution in [3.8, 4) is 0 Å². The maximum atomic E-state index is 9.79. The molecular weight excluding hydrogens is 278 g/mol. The summed E-state index contributed by atoms with van der Waals surface area (Å²) in [6.07, 6.45) is 0. The van der Waals surface area contributed by atoms with Crippen molar-refractivity contribution in [2.45, 2.75) is 25.4 Å². The number of benzene rings is 1. The van der Waals surface area contributed by atoms with Crippen LogP contribution in [0.1, 0.15) is 25.3 Å². The molecule has 0 aliphatic carbocycles. The van der Waals surface area contributed by atoms with Gasteiger partial charge in [-0.1, -0.05) is 46.3 Å². The molecule has 0 saturated carbocycles. The van der Waals surface area contributed by atoms with Gasteiger partial charge in [-0.25, -0.2) is 0 Å². The van der Waals surface area contributed by atoms with Crippen molar-refractivity contribution in [3.63, 3.8) is 0 Å². The predicted molar refractivity (Wildman–Crippen MR) is 76.8 cm³/mol. The van der Waals surface area contributed by atoms with Gasteiger partial charge in [-0.15, -0.1) is 0 Å². The highest BCUT2D eigenvalue weighted by Crippen LogP contribution is 2.19. The van der Waals surface area contributed by atoms with Crippen LogP contribution in [0.3, 0.4) is 0 Å². The van der Waals surface area contributed by atoms with Crippen molar-refractivity contribution in [2.24, 2.45) is 0 Å². The van der Waals surface area contributed by atoms with E-state index in [0.29, 0.717) is 12.5 Å². The average molecular weight is 300 g/mol. The molecule has 0 amide bonds. The summed E-state index contributed by atoms with van der Waals surface area (Å²) in [7, 11) is 2.05. The normalized spacial score (nSPS) is 14.0. The Kier molecular flexibility index (Phi) is 5.63. The van der Waals surface area contributed by atoms with E-state index in [1.165, 1.54) is 5.56 Å². The number of hydrogen-bond donors (Lipinski definition) is 1. The molecule has 0 fully saturated rings. The number of alkyl halides is 1. The lowest BCUT2D eigenvalue weighted by atomic mass is 10.00. The van der Waals surface area contributed by atoms with Crippen LogP contribution in [-0.2, 0) is 0 Å². The summed E-state index contributed by atoms with van der Waals surface area (Å²) in [4.78, 5) is 2.18. The van der Waals surface area contributed by atoms with Gasteiger partial charge in [0, 0.05) is 24.3 Å². The van der Waals surface area contributed by atoms with Crippen molar-refractivity contribution in [2.75, 3.05) is 25.5 Å². The first-order chi connectivity index (χ1) is 7.92. The van der Waals surface area contributed by atoms with Crippen molar-refractivity contribution in [1.82, 2.24) is 4.90 Å². The Bertz CT molecular complexity index is 321. The number of halogens is 1. The Balaban J connectivity index is 2.59. The molecule has 2 nitrogen and oxygen atoms in total. The number of aliphatic hydroxyl groups is 1. The van der Waals surface area contributed by atoms with Gasteiger partial charge in [0.1, 0.15) is 0 Å². The van der Waals surface area contributed by atoms with Gasteiger partial charge in [-0.05, 0) is 26.5 Å². The van der Waals surface area contributed by atoms with Crippen LogP contribution in [0.4, 0.5) is 0 Å². The second-order valence-corrected chi connectivity index (χ2v) is 5.92. The highest BCUT2D eigenvalue weighted by molar-refractivity contribution is 9.09. The molecule has 1 rings (SSSR count). The van der Waals surface area contributed by atoms with Crippen LogP contribution in [0, 0.1) is 0 Å². The van der Waals surface area contributed by atoms with Gasteiger partial charge in [-0.3, -0.25) is 0 Å². The standard InChI is InChI=1S/C14H22BrNO/c1-14(2,17)11-16(3)10-13(9-15)12-7-5-4-6-8-12/h4-8,13,17H,9-11H2,1-3H3. The van der Waals surface area contributed by atoms with Crippen LogP contribution in [-0.4, -0.2) is 41.1 Å². The number of rotatable bonds is 6. The molecule has 96 valence electrons. The first kappa shape index (κ1) is 14.7. The van der Waals surface area contributed by atoms with E-state index in [4.69, 9.17) is 0 Å². The second-order valence-electron chi connectivity index (χ2n) is 5.27. The van der Waals surface area contributed by atoms with E-state index in [0.717, 1.165) is 11.9 Å². The summed E-state index contributed by atoms with van der Waals surface area (Å²) in [6.45, 7) is 5.31. The van der Waals surface area contributed by atoms with E-state index in [1.54, 1.807) is 0 Å². The Labute approximate surface area is 113 Å². The lowest BCUT2D eigenvalue weighted by Gasteiger charge is -2.28. The second kappa shape index (κ2) is 6.53. The molecule has 1 aromatic carbocycles. The van der Waals surface area contributed by atoms with Gasteiger partial charge in [-0.2, -0.15) is 0 Å². The zero-order valence-corrected chi connectivity index (χ0v) is 12.4. The Morgan fingerprint density at radius 2 is 1.88 bits per heavy atom. The maximum absolute atomic E-state index is 9.79. The summed E-state index contributed by atoms with van der Waals surface area (Å²) in [6, 6.07) is 10.5. The Morgan fingerprint density at radius 1 is 1.29 bits per heavy atom. The first-order valence-electron chi connectivity index (χ1n) is 5.94. The minimum absolute atomic E-state index is 0.462. The summed E-state index contributed by atoms with van der Waals surface area (Å²) < 4.78 is 0. The first-order valence-corrected chi connectivity index (χ1v) is 7.06. The van der Waals surface area contributed by atoms with E-state index in [2.05, 4.69) is 52.1 Å². The molecule has 0 aliphatic rings. The Morgan fingerprint density at radius 3 is 2.35 bits per heavy atom. The van der Waals surface area contributed by atoms with Gasteiger partial charge in [0.05, 0.1) is 5.60 Å². The zero-order valence-electron chi connectivity index (χ0n) is 10.9. The van der Waals surface area contributed by atoms with Crippen LogP contribution in [0.15, 0.2) is 30.3 Å². The summed E-state index contributed by atoms with van der Waals surface area (Å²) >= 11 is 3.57. The minimum Gasteiger partial charge on any atom is -0.389 e. The lowest BCUT2D eigenvalue weighted by Crippen LogP contribution is -2.38. The summed E-state index contributed by atoms with van der Waals surface area (Å²) in [5, 5.41) is 10.7. The Hall–Kier alpha value is -0.380. The summed E-state index contributed by atoms with van der Waals surface area (Å²) in [5.74, 6) is 0.462. The maximum Gasteiger partial charge on any atom is 0.0718 e. The smallest absolute Gasteiger partial charge is 0.0718 e. The van der Waals surface area contributed by atoms with Gasteiger partial charge in [0.2, 0.25) is 0 Å². The van der Waals surface area contributed by atoms with Crippen molar-refractivity contribution in [1.29, 1.82) is 0 Å². The zero-order chi connectivity index (χ0) is 12.9. The average Bonchev–Trinajstić information content (AvgIpc) is 2.24. The molecule has 0 radical (unpaired) electrons. The lowest BCUT2D eigenvalue weighted by molar-refractivity contribution is 0.0435. The fourth-order valence-electron chi connectivity index (χ4n) is 2.07. The minimum atomic E-state index is -0.637. The molecule has 1 unspecified atom stereocenters. The van der Waals surface area contributed by atoms with E-state index in [-0.39, 0.29) is 0 Å². The molecule has 17 heavy (non-hydrogen) atoms. The van der Waals surface area contributed by atoms with Crippen LogP contribution in [0.2, 0.25) is 0 Å². The molecule has 0 bridgehead atoms. The number of hydrogen-bond acceptors (Lipinski definition) is 2. The third kappa shape index (κ3) is 5.66. The third-order valence-electron chi connectivity index (χ3n) is 2.65. The van der Waals surface area contributed by atoms with Crippen molar-refractivity contribution < 1.29 is 5.11 Å². The highest BCUT2D eigenvalue weighted by Gasteiger charge is 2.18. The largest absolute Gasteiger partial charge is 0.389 e. The van der Waals surface area contributed by atoms with Crippen molar-refractivity contribution >= 4 is 15.9 Å². The molecule has 3 heteroatoms. The fraction of sp³-hybridized carbons (Fsp3) is 0.571. The molecular formula is C14H22BrNO. The summed E-state index contributed by atoms with van der Waals surface area (Å²) in [5.41, 5.74) is 0.703. The molecule has 0 saturated heterocycles. The van der Waals surface area contributed by atoms with Gasteiger partial charge < -0.3 is 10.0 Å². The van der Waals surface area contributed by atoms with E-state index in [9.17, 15) is 5.11 Å². The monoisotopic (exact) mass is 299 g/mol. The van der Waals surface area contributed by atoms with Gasteiger partial charge in [0.25, 0.3) is 0 Å². The van der Waals surface area contributed by atoms with Crippen molar-refractivity contribution in [3.05, 3.63) is 35.9 Å². The number of likely N-dealkylation sites (N-methyl/N-ethyl adjacent to an activating group) is 1. The predicted octanol–water partition coefficient (Wildman–Crippen LogP) is 2.87. The topological polar surface area (TPSA) is 23.5 Å². The van der Waals surface area contributed by atoms with Gasteiger partial charge in [0.15, 0.2) is 0 Å². The molecule has 0 spiro atoms. The number of nitrogens with zero attached hydrogens (tertiary/aromatic N) is 1. The SMILES string of the molecule is CN(CC(CBr)c1ccccc1)CC(C)(C)O. The van der Waals surface area contributed by atoms with Crippen LogP contribution >= 0.6 is 15.9 Å². The van der Waals surface area contributed by atoms with Crippen LogP contribution in [0.25, 0.3) is 0 Å². The van der Waals surface area contributed by atoms with E-state index in [1.807, 2.05) is 19.9 Å². The van der Waals surface area contributed by atoms with Crippen LogP contribution in [0.5, 0.6) is 0 Å². The molecule has 0 aromatic heterocycles. The molecule has 1 atom stereocenters. The van der Waals surface area contributed by atoms with E-state index >= 15 is 0 Å². The third-order valence-corrected chi connectivity index (χ3v) is 3.43. The molecule has 0 heterocycles.